The van der Waals surface area contributed by atoms with Gasteiger partial charge in [-0.1, -0.05) is 12.1 Å². The molecule has 4 N–H and O–H groups in total. The van der Waals surface area contributed by atoms with Gasteiger partial charge >= 0.3 is 0 Å². The molecule has 0 spiro atoms. The zero-order chi connectivity index (χ0) is 20.9. The SMILES string of the molecule is OC1Nc2ccc3c4ccsc4c4c5c6c(ccc7c8c(c1c(c2c35)c76)SCC8)NC4O. The largest absolute Gasteiger partial charge is 0.369 e. The molecule has 154 valence electrons. The first-order chi connectivity index (χ1) is 15.7. The Kier molecular flexibility index (Phi) is 2.75. The van der Waals surface area contributed by atoms with Crippen molar-refractivity contribution in [2.24, 2.45) is 0 Å². The van der Waals surface area contributed by atoms with Gasteiger partial charge in [0.15, 0.2) is 12.5 Å². The molecule has 5 aromatic carbocycles. The van der Waals surface area contributed by atoms with Crippen molar-refractivity contribution in [1.29, 1.82) is 0 Å². The van der Waals surface area contributed by atoms with Crippen molar-refractivity contribution in [1.82, 2.24) is 0 Å². The standard InChI is InChI=1S/C26H16N2O2S2/c29-25-22-20-16-10(12-6-8-32-24(12)22)2-4-14-18(16)19-15-9(1-3-13(27-25)17(15)20)11-5-7-31-23(11)21(19)26(30)28-14/h1-5,7,25-30H,6,8H2. The Labute approximate surface area is 190 Å². The van der Waals surface area contributed by atoms with Crippen LogP contribution in [0.3, 0.4) is 0 Å². The molecule has 9 rings (SSSR count). The third kappa shape index (κ3) is 1.63. The number of aliphatic hydroxyl groups is 2. The molecular weight excluding hydrogens is 436 g/mol. The molecule has 6 heteroatoms. The van der Waals surface area contributed by atoms with E-state index in [1.165, 1.54) is 58.9 Å². The first kappa shape index (κ1) is 16.8. The minimum Gasteiger partial charge on any atom is -0.369 e. The lowest BCUT2D eigenvalue weighted by molar-refractivity contribution is 0.206. The number of hydrogen-bond donors (Lipinski definition) is 4. The van der Waals surface area contributed by atoms with Gasteiger partial charge in [0.1, 0.15) is 0 Å². The summed E-state index contributed by atoms with van der Waals surface area (Å²) < 4.78 is 1.15. The monoisotopic (exact) mass is 452 g/mol. The van der Waals surface area contributed by atoms with E-state index in [0.29, 0.717) is 0 Å². The van der Waals surface area contributed by atoms with E-state index in [2.05, 4.69) is 46.3 Å². The zero-order valence-corrected chi connectivity index (χ0v) is 18.4. The fourth-order valence-corrected chi connectivity index (χ4v) is 8.87. The van der Waals surface area contributed by atoms with Crippen LogP contribution in [0.5, 0.6) is 0 Å². The van der Waals surface area contributed by atoms with Gasteiger partial charge in [-0.3, -0.25) is 0 Å². The van der Waals surface area contributed by atoms with Crippen molar-refractivity contribution < 1.29 is 10.2 Å². The van der Waals surface area contributed by atoms with E-state index in [0.717, 1.165) is 39.4 Å². The van der Waals surface area contributed by atoms with Gasteiger partial charge in [-0.15, -0.1) is 23.1 Å². The Hall–Kier alpha value is -2.77. The molecule has 0 aliphatic carbocycles. The van der Waals surface area contributed by atoms with E-state index in [1.807, 2.05) is 11.8 Å². The molecule has 4 nitrogen and oxygen atoms in total. The van der Waals surface area contributed by atoms with Crippen LogP contribution in [0.4, 0.5) is 11.4 Å². The van der Waals surface area contributed by atoms with E-state index in [-0.39, 0.29) is 0 Å². The van der Waals surface area contributed by atoms with Gasteiger partial charge in [0, 0.05) is 75.6 Å². The van der Waals surface area contributed by atoms with Crippen LogP contribution in [-0.2, 0) is 6.42 Å². The smallest absolute Gasteiger partial charge is 0.152 e. The van der Waals surface area contributed by atoms with Gasteiger partial charge in [0.25, 0.3) is 0 Å². The van der Waals surface area contributed by atoms with E-state index in [4.69, 9.17) is 0 Å². The van der Waals surface area contributed by atoms with E-state index in [1.54, 1.807) is 11.3 Å². The van der Waals surface area contributed by atoms with Crippen LogP contribution >= 0.6 is 23.1 Å². The molecule has 2 unspecified atom stereocenters. The fraction of sp³-hybridized carbons (Fsp3) is 0.154. The second kappa shape index (κ2) is 5.24. The number of aryl methyl sites for hydroxylation is 1. The zero-order valence-electron chi connectivity index (χ0n) is 16.7. The molecule has 0 saturated carbocycles. The van der Waals surface area contributed by atoms with Crippen LogP contribution in [-0.4, -0.2) is 16.0 Å². The molecule has 3 aliphatic rings. The molecule has 32 heavy (non-hydrogen) atoms. The fourth-order valence-electron chi connectivity index (χ4n) is 6.62. The van der Waals surface area contributed by atoms with Crippen LogP contribution in [0.15, 0.2) is 40.6 Å². The molecule has 0 saturated heterocycles. The second-order valence-corrected chi connectivity index (χ2v) is 11.1. The molecule has 0 fully saturated rings. The van der Waals surface area contributed by atoms with Gasteiger partial charge in [-0.05, 0) is 46.3 Å². The topological polar surface area (TPSA) is 64.5 Å². The highest BCUT2D eigenvalue weighted by Crippen LogP contribution is 2.58. The Morgan fingerprint density at radius 3 is 2.22 bits per heavy atom. The van der Waals surface area contributed by atoms with E-state index in [9.17, 15) is 10.2 Å². The molecular formula is C26H16N2O2S2. The minimum atomic E-state index is -0.746. The third-order valence-electron chi connectivity index (χ3n) is 7.72. The van der Waals surface area contributed by atoms with Gasteiger partial charge in [0.05, 0.1) is 0 Å². The number of nitrogens with one attached hydrogen (secondary N) is 2. The molecule has 0 amide bonds. The Balaban J connectivity index is 1.76. The van der Waals surface area contributed by atoms with Crippen molar-refractivity contribution >= 4 is 87.6 Å². The van der Waals surface area contributed by atoms with Crippen LogP contribution in [0.1, 0.15) is 29.1 Å². The summed E-state index contributed by atoms with van der Waals surface area (Å²) in [6.45, 7) is 0. The van der Waals surface area contributed by atoms with E-state index < -0.39 is 12.5 Å². The number of thioether (sulfide) groups is 1. The summed E-state index contributed by atoms with van der Waals surface area (Å²) >= 11 is 3.57. The first-order valence-corrected chi connectivity index (χ1v) is 12.8. The number of hydrogen-bond acceptors (Lipinski definition) is 6. The molecule has 0 radical (unpaired) electrons. The highest BCUT2D eigenvalue weighted by Gasteiger charge is 2.36. The number of fused-ring (bicyclic) bond motifs is 6. The highest BCUT2D eigenvalue weighted by atomic mass is 32.2. The number of anilines is 2. The van der Waals surface area contributed by atoms with Gasteiger partial charge in [0.2, 0.25) is 0 Å². The Morgan fingerprint density at radius 1 is 0.719 bits per heavy atom. The first-order valence-electron chi connectivity index (χ1n) is 10.9. The predicted octanol–water partition coefficient (Wildman–Crippen LogP) is 6.43. The summed E-state index contributed by atoms with van der Waals surface area (Å²) in [5.41, 5.74) is 5.33. The number of thiophene rings is 1. The molecule has 3 aliphatic heterocycles. The molecule has 6 aromatic rings. The second-order valence-electron chi connectivity index (χ2n) is 9.06. The van der Waals surface area contributed by atoms with Crippen LogP contribution in [0.25, 0.3) is 53.2 Å². The maximum absolute atomic E-state index is 11.3. The average Bonchev–Trinajstić information content (AvgIpc) is 3.47. The minimum absolute atomic E-state index is 0.720. The number of rotatable bonds is 0. The summed E-state index contributed by atoms with van der Waals surface area (Å²) in [6, 6.07) is 10.8. The lowest BCUT2D eigenvalue weighted by Gasteiger charge is -2.33. The van der Waals surface area contributed by atoms with Crippen LogP contribution < -0.4 is 10.6 Å². The summed E-state index contributed by atoms with van der Waals surface area (Å²) in [7, 11) is 0. The molecule has 1 aromatic heterocycles. The summed E-state index contributed by atoms with van der Waals surface area (Å²) in [4.78, 5) is 1.25. The summed E-state index contributed by atoms with van der Waals surface area (Å²) in [6.07, 6.45) is -0.446. The third-order valence-corrected chi connectivity index (χ3v) is 9.83. The quantitative estimate of drug-likeness (QED) is 0.158. The summed E-state index contributed by atoms with van der Waals surface area (Å²) in [5.74, 6) is 1.05. The van der Waals surface area contributed by atoms with Crippen molar-refractivity contribution in [2.75, 3.05) is 16.4 Å². The lowest BCUT2D eigenvalue weighted by atomic mass is 9.79. The Bertz CT molecular complexity index is 1850. The molecule has 0 bridgehead atoms. The average molecular weight is 453 g/mol. The van der Waals surface area contributed by atoms with Gasteiger partial charge in [-0.2, -0.15) is 0 Å². The normalized spacial score (nSPS) is 20.9. The van der Waals surface area contributed by atoms with Crippen LogP contribution in [0.2, 0.25) is 0 Å². The summed E-state index contributed by atoms with van der Waals surface area (Å²) in [5, 5.41) is 42.3. The van der Waals surface area contributed by atoms with Crippen molar-refractivity contribution in [3.05, 3.63) is 52.4 Å². The molecule has 4 heterocycles. The number of aliphatic hydroxyl groups excluding tert-OH is 2. The Morgan fingerprint density at radius 2 is 1.41 bits per heavy atom. The predicted molar refractivity (Wildman–Crippen MR) is 135 cm³/mol. The molecule has 2 atom stereocenters. The van der Waals surface area contributed by atoms with Crippen molar-refractivity contribution in [3.8, 4) is 0 Å². The maximum atomic E-state index is 11.3. The van der Waals surface area contributed by atoms with Gasteiger partial charge < -0.3 is 20.8 Å². The van der Waals surface area contributed by atoms with Crippen molar-refractivity contribution in [3.63, 3.8) is 0 Å². The van der Waals surface area contributed by atoms with E-state index >= 15 is 0 Å². The maximum Gasteiger partial charge on any atom is 0.152 e. The van der Waals surface area contributed by atoms with Crippen molar-refractivity contribution in [2.45, 2.75) is 23.8 Å². The van der Waals surface area contributed by atoms with Gasteiger partial charge in [-0.25, -0.2) is 0 Å². The van der Waals surface area contributed by atoms with Crippen LogP contribution in [0, 0.1) is 0 Å². The number of benzene rings is 5. The lowest BCUT2D eigenvalue weighted by Crippen LogP contribution is -2.19. The highest BCUT2D eigenvalue weighted by molar-refractivity contribution is 7.99.